The molecule has 7 nitrogen and oxygen atoms in total. The van der Waals surface area contributed by atoms with Gasteiger partial charge in [0, 0.05) is 38.3 Å². The molecule has 1 saturated heterocycles. The maximum Gasteiger partial charge on any atom is 0.253 e. The number of fused-ring (bicyclic) bond motifs is 1. The molecular formula is C19H23N5O2. The molecule has 1 amide bonds. The zero-order chi connectivity index (χ0) is 17.9. The van der Waals surface area contributed by atoms with Crippen LogP contribution < -0.4 is 5.32 Å². The van der Waals surface area contributed by atoms with Crippen LogP contribution in [0.4, 0.5) is 0 Å². The van der Waals surface area contributed by atoms with E-state index in [4.69, 9.17) is 4.74 Å². The first-order valence-electron chi connectivity index (χ1n) is 9.07. The summed E-state index contributed by atoms with van der Waals surface area (Å²) in [7, 11) is 0. The summed E-state index contributed by atoms with van der Waals surface area (Å²) in [6, 6.07) is 3.61. The number of aryl methyl sites for hydroxylation is 1. The van der Waals surface area contributed by atoms with Gasteiger partial charge in [0.1, 0.15) is 5.82 Å². The van der Waals surface area contributed by atoms with E-state index in [0.29, 0.717) is 11.5 Å². The molecular weight excluding hydrogens is 330 g/mol. The minimum absolute atomic E-state index is 0.0947. The van der Waals surface area contributed by atoms with Gasteiger partial charge in [-0.2, -0.15) is 0 Å². The molecule has 0 saturated carbocycles. The first-order chi connectivity index (χ1) is 12.8. The third kappa shape index (κ3) is 3.22. The Bertz CT molecular complexity index is 894. The summed E-state index contributed by atoms with van der Waals surface area (Å²) in [5.74, 6) is 1.14. The highest BCUT2D eigenvalue weighted by Gasteiger charge is 2.30. The van der Waals surface area contributed by atoms with Crippen molar-refractivity contribution in [2.45, 2.75) is 32.4 Å². The van der Waals surface area contributed by atoms with Crippen molar-refractivity contribution in [3.05, 3.63) is 54.6 Å². The summed E-state index contributed by atoms with van der Waals surface area (Å²) in [4.78, 5) is 21.6. The highest BCUT2D eigenvalue weighted by molar-refractivity contribution is 5.94. The number of aromatic nitrogens is 4. The third-order valence-corrected chi connectivity index (χ3v) is 5.06. The standard InChI is InChI=1S/C19H23N5O2/c1-2-23-8-7-21-18(23)17(14-5-9-26-10-6-14)22-19(25)15-3-4-16-11-20-13-24(16)12-15/h3-4,7-8,11-14,17H,2,5-6,9-10H2,1H3,(H,22,25)/t17-/m1/s1. The molecule has 1 aliphatic rings. The van der Waals surface area contributed by atoms with Crippen LogP contribution in [0.2, 0.25) is 0 Å². The van der Waals surface area contributed by atoms with Crippen LogP contribution in [-0.2, 0) is 11.3 Å². The summed E-state index contributed by atoms with van der Waals surface area (Å²) >= 11 is 0. The molecule has 0 radical (unpaired) electrons. The lowest BCUT2D eigenvalue weighted by molar-refractivity contribution is 0.0498. The second-order valence-electron chi connectivity index (χ2n) is 6.62. The average molecular weight is 353 g/mol. The maximum absolute atomic E-state index is 12.9. The summed E-state index contributed by atoms with van der Waals surface area (Å²) in [5, 5.41) is 3.23. The molecule has 3 aromatic rings. The van der Waals surface area contributed by atoms with Crippen LogP contribution in [0.25, 0.3) is 5.52 Å². The molecule has 1 N–H and O–H groups in total. The molecule has 4 rings (SSSR count). The molecule has 1 aliphatic heterocycles. The van der Waals surface area contributed by atoms with E-state index in [1.165, 1.54) is 0 Å². The fourth-order valence-corrected chi connectivity index (χ4v) is 3.59. The Kier molecular flexibility index (Phi) is 4.71. The fourth-order valence-electron chi connectivity index (χ4n) is 3.59. The van der Waals surface area contributed by atoms with E-state index in [1.54, 1.807) is 18.7 Å². The van der Waals surface area contributed by atoms with E-state index in [2.05, 4.69) is 26.8 Å². The third-order valence-electron chi connectivity index (χ3n) is 5.06. The number of nitrogens with one attached hydrogen (secondary N) is 1. The zero-order valence-corrected chi connectivity index (χ0v) is 14.8. The van der Waals surface area contributed by atoms with Gasteiger partial charge in [-0.3, -0.25) is 4.79 Å². The van der Waals surface area contributed by atoms with Crippen molar-refractivity contribution < 1.29 is 9.53 Å². The number of imidazole rings is 2. The van der Waals surface area contributed by atoms with Gasteiger partial charge in [-0.25, -0.2) is 9.97 Å². The van der Waals surface area contributed by atoms with Crippen molar-refractivity contribution in [1.29, 1.82) is 0 Å². The van der Waals surface area contributed by atoms with Crippen LogP contribution in [0.1, 0.15) is 42.0 Å². The Morgan fingerprint density at radius 1 is 1.38 bits per heavy atom. The summed E-state index contributed by atoms with van der Waals surface area (Å²) < 4.78 is 9.45. The van der Waals surface area contributed by atoms with Crippen molar-refractivity contribution in [3.8, 4) is 0 Å². The molecule has 0 spiro atoms. The van der Waals surface area contributed by atoms with Gasteiger partial charge in [-0.1, -0.05) is 0 Å². The Hall–Kier alpha value is -2.67. The lowest BCUT2D eigenvalue weighted by Crippen LogP contribution is -2.37. The predicted molar refractivity (Wildman–Crippen MR) is 96.8 cm³/mol. The van der Waals surface area contributed by atoms with E-state index in [9.17, 15) is 4.79 Å². The van der Waals surface area contributed by atoms with Gasteiger partial charge in [0.2, 0.25) is 0 Å². The number of carbonyl (C=O) groups is 1. The highest BCUT2D eigenvalue weighted by Crippen LogP contribution is 2.29. The molecule has 1 atom stereocenters. The zero-order valence-electron chi connectivity index (χ0n) is 14.8. The minimum atomic E-state index is -0.125. The van der Waals surface area contributed by atoms with Crippen LogP contribution in [0.3, 0.4) is 0 Å². The number of ether oxygens (including phenoxy) is 1. The summed E-state index contributed by atoms with van der Waals surface area (Å²) in [6.07, 6.45) is 10.9. The van der Waals surface area contributed by atoms with Crippen LogP contribution in [0, 0.1) is 5.92 Å². The number of hydrogen-bond acceptors (Lipinski definition) is 4. The molecule has 3 aromatic heterocycles. The Balaban J connectivity index is 1.61. The predicted octanol–water partition coefficient (Wildman–Crippen LogP) is 2.45. The largest absolute Gasteiger partial charge is 0.381 e. The van der Waals surface area contributed by atoms with E-state index < -0.39 is 0 Å². The molecule has 0 aliphatic carbocycles. The smallest absolute Gasteiger partial charge is 0.253 e. The van der Waals surface area contributed by atoms with E-state index in [1.807, 2.05) is 28.9 Å². The monoisotopic (exact) mass is 353 g/mol. The second kappa shape index (κ2) is 7.29. The van der Waals surface area contributed by atoms with E-state index >= 15 is 0 Å². The van der Waals surface area contributed by atoms with Crippen LogP contribution in [0.5, 0.6) is 0 Å². The Labute approximate surface area is 152 Å². The Morgan fingerprint density at radius 2 is 2.23 bits per heavy atom. The van der Waals surface area contributed by atoms with Crippen molar-refractivity contribution in [3.63, 3.8) is 0 Å². The van der Waals surface area contributed by atoms with Gasteiger partial charge in [-0.05, 0) is 37.8 Å². The molecule has 1 fully saturated rings. The highest BCUT2D eigenvalue weighted by atomic mass is 16.5. The first kappa shape index (κ1) is 16.8. The van der Waals surface area contributed by atoms with Crippen LogP contribution in [0.15, 0.2) is 43.2 Å². The molecule has 7 heteroatoms. The summed E-state index contributed by atoms with van der Waals surface area (Å²) in [6.45, 7) is 4.36. The van der Waals surface area contributed by atoms with Gasteiger partial charge < -0.3 is 19.0 Å². The van der Waals surface area contributed by atoms with Gasteiger partial charge in [0.25, 0.3) is 5.91 Å². The fraction of sp³-hybridized carbons (Fsp3) is 0.421. The first-order valence-corrected chi connectivity index (χ1v) is 9.07. The lowest BCUT2D eigenvalue weighted by atomic mass is 9.90. The topological polar surface area (TPSA) is 73.5 Å². The van der Waals surface area contributed by atoms with Crippen molar-refractivity contribution in [2.24, 2.45) is 5.92 Å². The SMILES string of the molecule is CCn1ccnc1[C@H](NC(=O)c1ccc2cncn2c1)C1CCOCC1. The minimum Gasteiger partial charge on any atom is -0.381 e. The number of hydrogen-bond donors (Lipinski definition) is 1. The number of nitrogens with zero attached hydrogens (tertiary/aromatic N) is 4. The normalized spacial score (nSPS) is 16.7. The molecule has 4 heterocycles. The van der Waals surface area contributed by atoms with Crippen LogP contribution >= 0.6 is 0 Å². The van der Waals surface area contributed by atoms with Gasteiger partial charge >= 0.3 is 0 Å². The van der Waals surface area contributed by atoms with Crippen molar-refractivity contribution in [2.75, 3.05) is 13.2 Å². The summed E-state index contributed by atoms with van der Waals surface area (Å²) in [5.41, 5.74) is 1.58. The number of carbonyl (C=O) groups excluding carboxylic acids is 1. The average Bonchev–Trinajstić information content (AvgIpc) is 3.34. The van der Waals surface area contributed by atoms with E-state index in [-0.39, 0.29) is 11.9 Å². The number of pyridine rings is 1. The van der Waals surface area contributed by atoms with Gasteiger partial charge in [0.05, 0.1) is 29.6 Å². The molecule has 0 aromatic carbocycles. The molecule has 26 heavy (non-hydrogen) atoms. The van der Waals surface area contributed by atoms with Crippen molar-refractivity contribution in [1.82, 2.24) is 24.3 Å². The van der Waals surface area contributed by atoms with Gasteiger partial charge in [-0.15, -0.1) is 0 Å². The lowest BCUT2D eigenvalue weighted by Gasteiger charge is -2.31. The molecule has 136 valence electrons. The van der Waals surface area contributed by atoms with Crippen molar-refractivity contribution >= 4 is 11.4 Å². The molecule has 0 bridgehead atoms. The Morgan fingerprint density at radius 3 is 3.04 bits per heavy atom. The number of amides is 1. The second-order valence-corrected chi connectivity index (χ2v) is 6.62. The van der Waals surface area contributed by atoms with E-state index in [0.717, 1.165) is 43.9 Å². The quantitative estimate of drug-likeness (QED) is 0.765. The molecule has 0 unspecified atom stereocenters. The number of rotatable bonds is 5. The van der Waals surface area contributed by atoms with Crippen LogP contribution in [-0.4, -0.2) is 38.1 Å². The maximum atomic E-state index is 12.9. The van der Waals surface area contributed by atoms with Gasteiger partial charge in [0.15, 0.2) is 0 Å².